The topological polar surface area (TPSA) is 99.2 Å². The van der Waals surface area contributed by atoms with Crippen LogP contribution in [0.25, 0.3) is 11.1 Å². The summed E-state index contributed by atoms with van der Waals surface area (Å²) in [4.78, 5) is 32.9. The summed E-state index contributed by atoms with van der Waals surface area (Å²) >= 11 is 1.31. The number of hydrogen-bond acceptors (Lipinski definition) is 8. The van der Waals surface area contributed by atoms with Gasteiger partial charge >= 0.3 is 0 Å². The number of carbonyl (C=O) groups excluding carboxylic acids is 2. The molecule has 39 heavy (non-hydrogen) atoms. The van der Waals surface area contributed by atoms with Crippen molar-refractivity contribution in [2.45, 2.75) is 31.6 Å². The van der Waals surface area contributed by atoms with Crippen LogP contribution in [0.3, 0.4) is 0 Å². The second-order valence-corrected chi connectivity index (χ2v) is 10.5. The minimum absolute atomic E-state index is 0.0198. The number of carbonyl (C=O) groups is 2. The number of methoxy groups -OCH3 is 1. The number of alkyl halides is 2. The number of amidine groups is 1. The molecule has 2 aliphatic heterocycles. The van der Waals surface area contributed by atoms with Gasteiger partial charge in [-0.25, -0.2) is 8.78 Å². The Morgan fingerprint density at radius 3 is 2.59 bits per heavy atom. The number of anilines is 1. The average molecular weight is 555 g/mol. The van der Waals surface area contributed by atoms with Crippen LogP contribution >= 0.6 is 11.8 Å². The molecule has 0 radical (unpaired) electrons. The Bertz CT molecular complexity index is 1360. The van der Waals surface area contributed by atoms with E-state index in [4.69, 9.17) is 4.74 Å². The molecule has 9 nitrogen and oxygen atoms in total. The molecule has 12 heteroatoms. The van der Waals surface area contributed by atoms with E-state index in [2.05, 4.69) is 37.6 Å². The van der Waals surface area contributed by atoms with Crippen LogP contribution in [0.2, 0.25) is 0 Å². The van der Waals surface area contributed by atoms with Crippen molar-refractivity contribution in [2.24, 2.45) is 11.0 Å². The first-order valence-electron chi connectivity index (χ1n) is 12.6. The molecule has 1 saturated heterocycles. The standard InChI is InChI=1S/C27H28F2N6O3S/c1-16(36)34-9-11-35(12-10-34)18-6-7-19(20(13-18)21-14-22(25(28)29)30-15-23(21)38-2)26(37)31-27-33-32-24(39-27)8-5-17-3-4-17/h6-7,13-15,17,24-25,32H,3-4,9-12H2,1-2H3,(H,31,33,37). The normalized spacial score (nSPS) is 18.7. The zero-order valence-corrected chi connectivity index (χ0v) is 22.4. The van der Waals surface area contributed by atoms with Crippen LogP contribution in [0.5, 0.6) is 5.75 Å². The van der Waals surface area contributed by atoms with Gasteiger partial charge in [-0.3, -0.25) is 25.3 Å². The molecule has 2 N–H and O–H groups in total. The minimum atomic E-state index is -2.79. The van der Waals surface area contributed by atoms with E-state index >= 15 is 0 Å². The number of ether oxygens (including phenoxy) is 1. The van der Waals surface area contributed by atoms with Gasteiger partial charge in [0.15, 0.2) is 10.5 Å². The van der Waals surface area contributed by atoms with Gasteiger partial charge in [0.2, 0.25) is 5.91 Å². The summed E-state index contributed by atoms with van der Waals surface area (Å²) in [5.74, 6) is 6.59. The number of hydrazone groups is 1. The second-order valence-electron chi connectivity index (χ2n) is 9.39. The number of amides is 2. The highest BCUT2D eigenvalue weighted by Crippen LogP contribution is 2.37. The number of aromatic nitrogens is 1. The Labute approximate surface area is 229 Å². The van der Waals surface area contributed by atoms with Gasteiger partial charge in [0.25, 0.3) is 12.3 Å². The highest BCUT2D eigenvalue weighted by molar-refractivity contribution is 8.14. The highest BCUT2D eigenvalue weighted by atomic mass is 32.2. The zero-order valence-electron chi connectivity index (χ0n) is 21.5. The third-order valence-corrected chi connectivity index (χ3v) is 7.56. The molecule has 2 amide bonds. The molecule has 1 aromatic carbocycles. The van der Waals surface area contributed by atoms with Crippen molar-refractivity contribution < 1.29 is 23.1 Å². The van der Waals surface area contributed by atoms with Gasteiger partial charge < -0.3 is 14.5 Å². The monoisotopic (exact) mass is 554 g/mol. The van der Waals surface area contributed by atoms with Crippen LogP contribution in [0.15, 0.2) is 35.6 Å². The Kier molecular flexibility index (Phi) is 7.88. The van der Waals surface area contributed by atoms with E-state index in [-0.39, 0.29) is 22.6 Å². The molecule has 2 aromatic rings. The first-order valence-corrected chi connectivity index (χ1v) is 13.5. The van der Waals surface area contributed by atoms with E-state index in [9.17, 15) is 18.4 Å². The van der Waals surface area contributed by atoms with Crippen molar-refractivity contribution in [1.29, 1.82) is 0 Å². The first kappa shape index (κ1) is 26.7. The third kappa shape index (κ3) is 6.25. The fourth-order valence-electron chi connectivity index (χ4n) is 4.37. The van der Waals surface area contributed by atoms with Crippen LogP contribution in [0.1, 0.15) is 42.2 Å². The van der Waals surface area contributed by atoms with Crippen LogP contribution < -0.4 is 20.4 Å². The lowest BCUT2D eigenvalue weighted by Crippen LogP contribution is -2.48. The number of halogens is 2. The molecule has 1 atom stereocenters. The summed E-state index contributed by atoms with van der Waals surface area (Å²) in [7, 11) is 1.42. The zero-order chi connectivity index (χ0) is 27.5. The van der Waals surface area contributed by atoms with E-state index in [1.54, 1.807) is 24.0 Å². The maximum atomic E-state index is 13.6. The predicted octanol–water partition coefficient (Wildman–Crippen LogP) is 3.44. The summed E-state index contributed by atoms with van der Waals surface area (Å²) < 4.78 is 32.6. The summed E-state index contributed by atoms with van der Waals surface area (Å²) in [6.07, 6.45) is 0.678. The molecule has 3 aliphatic rings. The van der Waals surface area contributed by atoms with Crippen LogP contribution in [-0.4, -0.2) is 65.5 Å². The molecule has 1 aliphatic carbocycles. The smallest absolute Gasteiger partial charge is 0.280 e. The molecular weight excluding hydrogens is 526 g/mol. The molecule has 2 fully saturated rings. The van der Waals surface area contributed by atoms with Crippen molar-refractivity contribution in [3.05, 3.63) is 41.7 Å². The quantitative estimate of drug-likeness (QED) is 0.547. The Morgan fingerprint density at radius 1 is 1.15 bits per heavy atom. The molecule has 1 aromatic heterocycles. The fourth-order valence-corrected chi connectivity index (χ4v) is 5.08. The molecule has 5 rings (SSSR count). The molecule has 0 spiro atoms. The van der Waals surface area contributed by atoms with Crippen LogP contribution in [0.4, 0.5) is 14.5 Å². The molecule has 204 valence electrons. The largest absolute Gasteiger partial charge is 0.494 e. The first-order chi connectivity index (χ1) is 18.8. The van der Waals surface area contributed by atoms with Gasteiger partial charge in [-0.1, -0.05) is 11.8 Å². The number of benzene rings is 1. The van der Waals surface area contributed by atoms with E-state index in [0.29, 0.717) is 48.4 Å². The fraction of sp³-hybridized carbons (Fsp3) is 0.407. The van der Waals surface area contributed by atoms with Gasteiger partial charge in [0.05, 0.1) is 13.3 Å². The lowest BCUT2D eigenvalue weighted by molar-refractivity contribution is -0.129. The predicted molar refractivity (Wildman–Crippen MR) is 146 cm³/mol. The number of rotatable bonds is 5. The van der Waals surface area contributed by atoms with Crippen molar-refractivity contribution in [1.82, 2.24) is 20.6 Å². The lowest BCUT2D eigenvalue weighted by Gasteiger charge is -2.36. The second kappa shape index (κ2) is 11.5. The Hall–Kier alpha value is -3.85. The number of nitrogens with zero attached hydrogens (tertiary/aromatic N) is 4. The molecule has 3 heterocycles. The van der Waals surface area contributed by atoms with E-state index in [0.717, 1.165) is 18.5 Å². The van der Waals surface area contributed by atoms with Gasteiger partial charge in [-0.2, -0.15) is 5.10 Å². The van der Waals surface area contributed by atoms with Gasteiger partial charge in [-0.05, 0) is 48.9 Å². The van der Waals surface area contributed by atoms with E-state index < -0.39 is 18.0 Å². The van der Waals surface area contributed by atoms with Crippen LogP contribution in [0, 0.1) is 17.8 Å². The number of thioether (sulfide) groups is 1. The maximum Gasteiger partial charge on any atom is 0.280 e. The van der Waals surface area contributed by atoms with Crippen LogP contribution in [-0.2, 0) is 4.79 Å². The highest BCUT2D eigenvalue weighted by Gasteiger charge is 2.26. The molecule has 1 unspecified atom stereocenters. The summed E-state index contributed by atoms with van der Waals surface area (Å²) in [6, 6.07) is 6.52. The van der Waals surface area contributed by atoms with Gasteiger partial charge in [0.1, 0.15) is 11.4 Å². The van der Waals surface area contributed by atoms with Crippen molar-refractivity contribution in [2.75, 3.05) is 38.2 Å². The number of hydrogen-bond donors (Lipinski definition) is 2. The number of piperazine rings is 1. The summed E-state index contributed by atoms with van der Waals surface area (Å²) in [5.41, 5.74) is 4.29. The van der Waals surface area contributed by atoms with Crippen molar-refractivity contribution in [3.63, 3.8) is 0 Å². The SMILES string of the molecule is COc1cnc(C(F)F)cc1-c1cc(N2CCN(C(C)=O)CC2)ccc1C(=O)NC1=NNC(C#CC2CC2)S1. The lowest BCUT2D eigenvalue weighted by atomic mass is 9.97. The summed E-state index contributed by atoms with van der Waals surface area (Å²) in [6.45, 7) is 3.87. The maximum absolute atomic E-state index is 13.6. The Balaban J connectivity index is 1.45. The van der Waals surface area contributed by atoms with E-state index in [1.807, 2.05) is 6.07 Å². The third-order valence-electron chi connectivity index (χ3n) is 6.69. The van der Waals surface area contributed by atoms with Crippen molar-refractivity contribution in [3.8, 4) is 28.7 Å². The molecule has 0 bridgehead atoms. The average Bonchev–Trinajstić information content (AvgIpc) is 3.68. The Morgan fingerprint density at radius 2 is 1.92 bits per heavy atom. The summed E-state index contributed by atoms with van der Waals surface area (Å²) in [5, 5.41) is 7.13. The minimum Gasteiger partial charge on any atom is -0.494 e. The van der Waals surface area contributed by atoms with Gasteiger partial charge in [0, 0.05) is 61.4 Å². The van der Waals surface area contributed by atoms with Crippen molar-refractivity contribution >= 4 is 34.4 Å². The molecule has 1 saturated carbocycles. The van der Waals surface area contributed by atoms with E-state index in [1.165, 1.54) is 31.1 Å². The number of nitrogens with one attached hydrogen (secondary N) is 2. The molecular formula is C27H28F2N6O3S. The van der Waals surface area contributed by atoms with Gasteiger partial charge in [-0.15, -0.1) is 0 Å². The number of pyridine rings is 1.